The van der Waals surface area contributed by atoms with Crippen LogP contribution in [0.25, 0.3) is 10.9 Å². The number of fused-ring (bicyclic) bond motifs is 1. The maximum atomic E-state index is 12.4. The number of benzene rings is 2. The fourth-order valence-electron chi connectivity index (χ4n) is 2.65. The normalized spacial score (nSPS) is 11.9. The Morgan fingerprint density at radius 2 is 1.74 bits per heavy atom. The van der Waals surface area contributed by atoms with Crippen molar-refractivity contribution >= 4 is 22.8 Å². The molecule has 1 heterocycles. The van der Waals surface area contributed by atoms with Gasteiger partial charge in [0.25, 0.3) is 5.56 Å². The van der Waals surface area contributed by atoms with Crippen LogP contribution in [0.3, 0.4) is 0 Å². The first-order valence-electron chi connectivity index (χ1n) is 7.90. The van der Waals surface area contributed by atoms with Crippen molar-refractivity contribution in [3.8, 4) is 5.75 Å². The Balaban J connectivity index is 1.87. The number of nitrogens with one attached hydrogen (secondary N) is 2. The lowest BCUT2D eigenvalue weighted by molar-refractivity contribution is -0.142. The smallest absolute Gasteiger partial charge is 0.330 e. The monoisotopic (exact) mass is 369 g/mol. The van der Waals surface area contributed by atoms with Crippen LogP contribution < -0.4 is 16.6 Å². The Labute approximate surface area is 151 Å². The minimum atomic E-state index is -1.40. The molecule has 0 aliphatic carbocycles. The van der Waals surface area contributed by atoms with Gasteiger partial charge in [-0.15, -0.1) is 0 Å². The van der Waals surface area contributed by atoms with Crippen molar-refractivity contribution in [3.63, 3.8) is 0 Å². The predicted molar refractivity (Wildman–Crippen MR) is 95.5 cm³/mol. The Kier molecular flexibility index (Phi) is 4.75. The Hall–Kier alpha value is -3.88. The van der Waals surface area contributed by atoms with Gasteiger partial charge < -0.3 is 20.5 Å². The highest BCUT2D eigenvalue weighted by atomic mass is 16.4. The number of phenolic OH excluding ortho intramolecular Hbond substituents is 1. The molecule has 9 nitrogen and oxygen atoms in total. The van der Waals surface area contributed by atoms with Crippen LogP contribution in [-0.4, -0.2) is 31.6 Å². The number of carboxylic acids is 1. The number of carbonyl (C=O) groups excluding carboxylic acids is 1. The van der Waals surface area contributed by atoms with Gasteiger partial charge in [0, 0.05) is 0 Å². The summed E-state index contributed by atoms with van der Waals surface area (Å²) < 4.78 is 0.702. The summed E-state index contributed by atoms with van der Waals surface area (Å²) >= 11 is 0. The number of hydrogen-bond acceptors (Lipinski definition) is 5. The highest BCUT2D eigenvalue weighted by Crippen LogP contribution is 2.17. The fraction of sp³-hybridized carbons (Fsp3) is 0.111. The molecule has 138 valence electrons. The highest BCUT2D eigenvalue weighted by molar-refractivity contribution is 5.84. The summed E-state index contributed by atoms with van der Waals surface area (Å²) in [5.41, 5.74) is -0.851. The van der Waals surface area contributed by atoms with Crippen LogP contribution in [0.1, 0.15) is 11.6 Å². The van der Waals surface area contributed by atoms with Gasteiger partial charge in [-0.1, -0.05) is 24.3 Å². The maximum absolute atomic E-state index is 12.4. The van der Waals surface area contributed by atoms with Crippen molar-refractivity contribution in [2.45, 2.75) is 12.6 Å². The fourth-order valence-corrected chi connectivity index (χ4v) is 2.65. The molecule has 0 radical (unpaired) electrons. The minimum Gasteiger partial charge on any atom is -0.508 e. The molecule has 3 rings (SSSR count). The van der Waals surface area contributed by atoms with E-state index in [0.717, 1.165) is 0 Å². The number of H-pyrrole nitrogens is 1. The number of carboxylic acid groups (broad SMARTS) is 1. The third-order valence-electron chi connectivity index (χ3n) is 3.97. The topological polar surface area (TPSA) is 141 Å². The van der Waals surface area contributed by atoms with E-state index in [1.807, 2.05) is 0 Å². The lowest BCUT2D eigenvalue weighted by Gasteiger charge is -2.15. The number of phenols is 1. The molecule has 2 aromatic carbocycles. The number of carbonyl (C=O) groups is 2. The third-order valence-corrected chi connectivity index (χ3v) is 3.97. The van der Waals surface area contributed by atoms with E-state index in [9.17, 15) is 29.4 Å². The van der Waals surface area contributed by atoms with Gasteiger partial charge in [-0.25, -0.2) is 9.59 Å². The standard InChI is InChI=1S/C18H15N3O6/c22-11-7-5-10(6-8-11)15(17(25)26)20-14(23)9-21-16(24)12-3-1-2-4-13(12)19-18(21)27/h1-8,15,22H,9H2,(H,19,27)(H,20,23)(H,25,26)/t15-/m1/s1. The van der Waals surface area contributed by atoms with Gasteiger partial charge in [-0.2, -0.15) is 0 Å². The zero-order valence-electron chi connectivity index (χ0n) is 13.9. The van der Waals surface area contributed by atoms with Crippen molar-refractivity contribution in [3.05, 3.63) is 74.9 Å². The van der Waals surface area contributed by atoms with E-state index >= 15 is 0 Å². The van der Waals surface area contributed by atoms with Crippen LogP contribution in [-0.2, 0) is 16.1 Å². The van der Waals surface area contributed by atoms with Crippen LogP contribution in [0.4, 0.5) is 0 Å². The molecule has 27 heavy (non-hydrogen) atoms. The first-order valence-corrected chi connectivity index (χ1v) is 7.90. The zero-order valence-corrected chi connectivity index (χ0v) is 13.9. The highest BCUT2D eigenvalue weighted by Gasteiger charge is 2.23. The van der Waals surface area contributed by atoms with E-state index in [0.29, 0.717) is 10.1 Å². The van der Waals surface area contributed by atoms with Gasteiger partial charge in [0.15, 0.2) is 6.04 Å². The number of para-hydroxylation sites is 1. The lowest BCUT2D eigenvalue weighted by atomic mass is 10.1. The molecule has 0 aliphatic rings. The molecule has 0 saturated carbocycles. The number of rotatable bonds is 5. The molecule has 9 heteroatoms. The molecule has 0 fully saturated rings. The van der Waals surface area contributed by atoms with E-state index in [4.69, 9.17) is 0 Å². The quantitative estimate of drug-likeness (QED) is 0.511. The maximum Gasteiger partial charge on any atom is 0.330 e. The number of aliphatic carboxylic acids is 1. The van der Waals surface area contributed by atoms with Crippen molar-refractivity contribution in [1.29, 1.82) is 0 Å². The SMILES string of the molecule is O=C(Cn1c(=O)[nH]c2ccccc2c1=O)N[C@@H](C(=O)O)c1ccc(O)cc1. The average Bonchev–Trinajstić information content (AvgIpc) is 2.64. The second-order valence-corrected chi connectivity index (χ2v) is 5.80. The van der Waals surface area contributed by atoms with Gasteiger partial charge in [0.2, 0.25) is 5.91 Å². The van der Waals surface area contributed by atoms with Gasteiger partial charge >= 0.3 is 11.7 Å². The molecule has 0 saturated heterocycles. The summed E-state index contributed by atoms with van der Waals surface area (Å²) in [6.07, 6.45) is 0. The third kappa shape index (κ3) is 3.71. The van der Waals surface area contributed by atoms with Crippen LogP contribution in [0.5, 0.6) is 5.75 Å². The van der Waals surface area contributed by atoms with Gasteiger partial charge in [-0.3, -0.25) is 14.2 Å². The molecule has 3 aromatic rings. The first kappa shape index (κ1) is 17.9. The molecular weight excluding hydrogens is 354 g/mol. The second-order valence-electron chi connectivity index (χ2n) is 5.80. The van der Waals surface area contributed by atoms with Crippen molar-refractivity contribution in [1.82, 2.24) is 14.9 Å². The molecule has 0 unspecified atom stereocenters. The summed E-state index contributed by atoms with van der Waals surface area (Å²) in [5, 5.41) is 21.1. The summed E-state index contributed by atoms with van der Waals surface area (Å²) in [5.74, 6) is -2.20. The summed E-state index contributed by atoms with van der Waals surface area (Å²) in [7, 11) is 0. The first-order chi connectivity index (χ1) is 12.9. The molecule has 0 bridgehead atoms. The van der Waals surface area contributed by atoms with Gasteiger partial charge in [0.05, 0.1) is 10.9 Å². The molecule has 4 N–H and O–H groups in total. The zero-order chi connectivity index (χ0) is 19.6. The van der Waals surface area contributed by atoms with Crippen molar-refractivity contribution in [2.75, 3.05) is 0 Å². The molecular formula is C18H15N3O6. The van der Waals surface area contributed by atoms with Gasteiger partial charge in [-0.05, 0) is 29.8 Å². The number of aromatic hydroxyl groups is 1. The number of aromatic nitrogens is 2. The summed E-state index contributed by atoms with van der Waals surface area (Å²) in [6.45, 7) is -0.638. The number of amides is 1. The summed E-state index contributed by atoms with van der Waals surface area (Å²) in [4.78, 5) is 50.8. The molecule has 1 atom stereocenters. The minimum absolute atomic E-state index is 0.0523. The molecule has 0 aliphatic heterocycles. The average molecular weight is 369 g/mol. The van der Waals surface area contributed by atoms with Gasteiger partial charge in [0.1, 0.15) is 12.3 Å². The molecule has 1 aromatic heterocycles. The molecule has 0 spiro atoms. The largest absolute Gasteiger partial charge is 0.508 e. The van der Waals surface area contributed by atoms with Crippen LogP contribution in [0.2, 0.25) is 0 Å². The molecule has 1 amide bonds. The number of nitrogens with zero attached hydrogens (tertiary/aromatic N) is 1. The number of aromatic amines is 1. The van der Waals surface area contributed by atoms with E-state index in [-0.39, 0.29) is 16.7 Å². The van der Waals surface area contributed by atoms with Crippen LogP contribution in [0, 0.1) is 0 Å². The second kappa shape index (κ2) is 7.16. The van der Waals surface area contributed by atoms with Crippen molar-refractivity contribution < 1.29 is 19.8 Å². The van der Waals surface area contributed by atoms with Crippen LogP contribution in [0.15, 0.2) is 58.1 Å². The van der Waals surface area contributed by atoms with Crippen LogP contribution >= 0.6 is 0 Å². The predicted octanol–water partition coefficient (Wildman–Crippen LogP) is 0.337. The van der Waals surface area contributed by atoms with E-state index in [1.165, 1.54) is 30.3 Å². The van der Waals surface area contributed by atoms with E-state index in [1.54, 1.807) is 18.2 Å². The Morgan fingerprint density at radius 1 is 1.07 bits per heavy atom. The Morgan fingerprint density at radius 3 is 2.41 bits per heavy atom. The lowest BCUT2D eigenvalue weighted by Crippen LogP contribution is -2.42. The van der Waals surface area contributed by atoms with E-state index in [2.05, 4.69) is 10.3 Å². The van der Waals surface area contributed by atoms with Crippen molar-refractivity contribution in [2.24, 2.45) is 0 Å². The van der Waals surface area contributed by atoms with E-state index < -0.39 is 35.7 Å². The summed E-state index contributed by atoms with van der Waals surface area (Å²) in [6, 6.07) is 10.2. The number of hydrogen-bond donors (Lipinski definition) is 4. The Bertz CT molecular complexity index is 1130.